The molecule has 1 aromatic heterocycles. The minimum atomic E-state index is -1.05. The van der Waals surface area contributed by atoms with Crippen LogP contribution in [0.1, 0.15) is 10.5 Å². The van der Waals surface area contributed by atoms with Crippen LogP contribution in [-0.4, -0.2) is 15.9 Å². The molecule has 0 aliphatic rings. The van der Waals surface area contributed by atoms with Gasteiger partial charge < -0.3 is 10.6 Å². The van der Waals surface area contributed by atoms with Crippen LogP contribution >= 0.6 is 11.6 Å². The zero-order chi connectivity index (χ0) is 17.8. The maximum atomic E-state index is 13.2. The second-order valence-electron chi connectivity index (χ2n) is 4.95. The molecule has 8 heteroatoms. The summed E-state index contributed by atoms with van der Waals surface area (Å²) in [5.41, 5.74) is 0.750. The molecule has 0 aliphatic heterocycles. The number of aromatic nitrogens is 2. The number of hydrogen-bond donors (Lipinski definition) is 2. The smallest absolute Gasteiger partial charge is 0.274 e. The summed E-state index contributed by atoms with van der Waals surface area (Å²) in [6.07, 6.45) is 1.40. The Morgan fingerprint density at radius 1 is 1.04 bits per heavy atom. The molecule has 0 aliphatic carbocycles. The Morgan fingerprint density at radius 3 is 2.60 bits per heavy atom. The van der Waals surface area contributed by atoms with Gasteiger partial charge >= 0.3 is 0 Å². The van der Waals surface area contributed by atoms with Gasteiger partial charge in [0.1, 0.15) is 5.69 Å². The Bertz CT molecular complexity index is 936. The second-order valence-corrected chi connectivity index (χ2v) is 5.36. The normalized spacial score (nSPS) is 10.4. The number of halogens is 3. The fourth-order valence-corrected chi connectivity index (χ4v) is 2.18. The monoisotopic (exact) mass is 360 g/mol. The Morgan fingerprint density at radius 2 is 1.84 bits per heavy atom. The molecule has 0 bridgehead atoms. The molecule has 1 amide bonds. The highest BCUT2D eigenvalue weighted by Crippen LogP contribution is 2.23. The van der Waals surface area contributed by atoms with Crippen molar-refractivity contribution in [3.05, 3.63) is 77.1 Å². The van der Waals surface area contributed by atoms with Crippen LogP contribution in [-0.2, 0) is 0 Å². The number of carbonyl (C=O) groups is 1. The fourth-order valence-electron chi connectivity index (χ4n) is 2.00. The van der Waals surface area contributed by atoms with Gasteiger partial charge in [-0.15, -0.1) is 0 Å². The molecule has 25 heavy (non-hydrogen) atoms. The molecule has 5 nitrogen and oxygen atoms in total. The van der Waals surface area contributed by atoms with Crippen molar-refractivity contribution in [2.75, 3.05) is 10.6 Å². The van der Waals surface area contributed by atoms with Crippen molar-refractivity contribution in [2.24, 2.45) is 0 Å². The van der Waals surface area contributed by atoms with Crippen molar-refractivity contribution in [3.8, 4) is 0 Å². The number of nitrogens with zero attached hydrogens (tertiary/aromatic N) is 2. The van der Waals surface area contributed by atoms with Crippen molar-refractivity contribution in [3.63, 3.8) is 0 Å². The number of benzene rings is 2. The van der Waals surface area contributed by atoms with E-state index < -0.39 is 17.5 Å². The molecule has 0 saturated carbocycles. The van der Waals surface area contributed by atoms with E-state index in [1.54, 1.807) is 24.3 Å². The lowest BCUT2D eigenvalue weighted by Crippen LogP contribution is -2.15. The predicted molar refractivity (Wildman–Crippen MR) is 91.1 cm³/mol. The lowest BCUT2D eigenvalue weighted by Gasteiger charge is -2.08. The third-order valence-corrected chi connectivity index (χ3v) is 3.52. The summed E-state index contributed by atoms with van der Waals surface area (Å²) in [6.45, 7) is 0. The number of anilines is 3. The first-order valence-electron chi connectivity index (χ1n) is 7.14. The molecule has 3 rings (SSSR count). The maximum Gasteiger partial charge on any atom is 0.274 e. The number of carbonyl (C=O) groups excluding carboxylic acids is 1. The zero-order valence-corrected chi connectivity index (χ0v) is 13.4. The zero-order valence-electron chi connectivity index (χ0n) is 12.6. The first kappa shape index (κ1) is 16.8. The van der Waals surface area contributed by atoms with Crippen LogP contribution in [0.4, 0.5) is 26.1 Å². The first-order chi connectivity index (χ1) is 12.0. The lowest BCUT2D eigenvalue weighted by atomic mass is 10.3. The Kier molecular flexibility index (Phi) is 4.85. The predicted octanol–water partition coefficient (Wildman–Crippen LogP) is 4.40. The van der Waals surface area contributed by atoms with Gasteiger partial charge in [0.2, 0.25) is 5.95 Å². The van der Waals surface area contributed by atoms with Gasteiger partial charge in [0.15, 0.2) is 11.6 Å². The number of amides is 1. The topological polar surface area (TPSA) is 66.9 Å². The van der Waals surface area contributed by atoms with Gasteiger partial charge in [-0.3, -0.25) is 4.79 Å². The molecule has 0 saturated heterocycles. The van der Waals surface area contributed by atoms with Gasteiger partial charge in [-0.2, -0.15) is 0 Å². The largest absolute Gasteiger partial charge is 0.323 e. The molecule has 0 unspecified atom stereocenters. The fraction of sp³-hybridized carbons (Fsp3) is 0. The number of hydrogen-bond acceptors (Lipinski definition) is 4. The summed E-state index contributed by atoms with van der Waals surface area (Å²) >= 11 is 6.05. The van der Waals surface area contributed by atoms with E-state index in [1.807, 2.05) is 0 Å². The van der Waals surface area contributed by atoms with E-state index in [4.69, 9.17) is 11.6 Å². The van der Waals surface area contributed by atoms with Crippen LogP contribution in [0.15, 0.2) is 54.7 Å². The quantitative estimate of drug-likeness (QED) is 0.723. The van der Waals surface area contributed by atoms with E-state index in [2.05, 4.69) is 20.6 Å². The highest BCUT2D eigenvalue weighted by atomic mass is 35.5. The van der Waals surface area contributed by atoms with Crippen LogP contribution in [0.5, 0.6) is 0 Å². The van der Waals surface area contributed by atoms with Crippen molar-refractivity contribution in [2.45, 2.75) is 0 Å². The number of rotatable bonds is 4. The van der Waals surface area contributed by atoms with E-state index in [9.17, 15) is 13.6 Å². The van der Waals surface area contributed by atoms with Crippen molar-refractivity contribution >= 4 is 34.8 Å². The van der Waals surface area contributed by atoms with E-state index in [1.165, 1.54) is 18.3 Å². The highest BCUT2D eigenvalue weighted by Gasteiger charge is 2.11. The van der Waals surface area contributed by atoms with Crippen molar-refractivity contribution in [1.29, 1.82) is 0 Å². The van der Waals surface area contributed by atoms with Crippen molar-refractivity contribution in [1.82, 2.24) is 9.97 Å². The minimum absolute atomic E-state index is 0.0503. The Balaban J connectivity index is 1.77. The summed E-state index contributed by atoms with van der Waals surface area (Å²) in [5, 5.41) is 5.82. The molecule has 0 spiro atoms. The van der Waals surface area contributed by atoms with Crippen LogP contribution in [0.2, 0.25) is 5.02 Å². The molecule has 2 N–H and O–H groups in total. The van der Waals surface area contributed by atoms with E-state index in [0.717, 1.165) is 12.1 Å². The number of nitrogens with one attached hydrogen (secondary N) is 2. The SMILES string of the molecule is O=C(Nc1ccc(F)c(F)c1)c1ccnc(Nc2ccccc2Cl)n1. The summed E-state index contributed by atoms with van der Waals surface area (Å²) < 4.78 is 26.1. The summed E-state index contributed by atoms with van der Waals surface area (Å²) in [5.74, 6) is -2.46. The van der Waals surface area contributed by atoms with Crippen LogP contribution in [0.3, 0.4) is 0 Å². The van der Waals surface area contributed by atoms with Crippen LogP contribution in [0.25, 0.3) is 0 Å². The molecular formula is C17H11ClF2N4O. The minimum Gasteiger partial charge on any atom is -0.323 e. The maximum absolute atomic E-state index is 13.2. The molecule has 3 aromatic rings. The molecule has 0 radical (unpaired) electrons. The summed E-state index contributed by atoms with van der Waals surface area (Å²) in [7, 11) is 0. The highest BCUT2D eigenvalue weighted by molar-refractivity contribution is 6.33. The average Bonchev–Trinajstić information content (AvgIpc) is 2.60. The van der Waals surface area contributed by atoms with Gasteiger partial charge in [0.25, 0.3) is 5.91 Å². The average molecular weight is 361 g/mol. The van der Waals surface area contributed by atoms with E-state index >= 15 is 0 Å². The van der Waals surface area contributed by atoms with Gasteiger partial charge in [-0.25, -0.2) is 18.7 Å². The van der Waals surface area contributed by atoms with Crippen LogP contribution < -0.4 is 10.6 Å². The Hall–Kier alpha value is -3.06. The molecular weight excluding hydrogens is 350 g/mol. The second kappa shape index (κ2) is 7.23. The molecule has 1 heterocycles. The first-order valence-corrected chi connectivity index (χ1v) is 7.52. The molecule has 2 aromatic carbocycles. The number of para-hydroxylation sites is 1. The summed E-state index contributed by atoms with van der Waals surface area (Å²) in [6, 6.07) is 11.5. The van der Waals surface area contributed by atoms with Crippen LogP contribution in [0, 0.1) is 11.6 Å². The van der Waals surface area contributed by atoms with Gasteiger partial charge in [0.05, 0.1) is 10.7 Å². The third-order valence-electron chi connectivity index (χ3n) is 3.19. The molecule has 0 atom stereocenters. The standard InChI is InChI=1S/C17H11ClF2N4O/c18-11-3-1-2-4-14(11)23-17-21-8-7-15(24-17)16(25)22-10-5-6-12(19)13(20)9-10/h1-9H,(H,22,25)(H,21,23,24). The van der Waals surface area contributed by atoms with Crippen molar-refractivity contribution < 1.29 is 13.6 Å². The van der Waals surface area contributed by atoms with Gasteiger partial charge in [-0.1, -0.05) is 23.7 Å². The van der Waals surface area contributed by atoms with E-state index in [0.29, 0.717) is 10.7 Å². The molecule has 126 valence electrons. The van der Waals surface area contributed by atoms with Gasteiger partial charge in [0, 0.05) is 18.0 Å². The molecule has 0 fully saturated rings. The summed E-state index contributed by atoms with van der Waals surface area (Å²) in [4.78, 5) is 20.3. The third kappa shape index (κ3) is 4.07. The van der Waals surface area contributed by atoms with E-state index in [-0.39, 0.29) is 17.3 Å². The van der Waals surface area contributed by atoms with Gasteiger partial charge in [-0.05, 0) is 30.3 Å². The Labute approximate surface area is 146 Å². The lowest BCUT2D eigenvalue weighted by molar-refractivity contribution is 0.102.